The van der Waals surface area contributed by atoms with Gasteiger partial charge in [0.05, 0.1) is 18.9 Å². The second kappa shape index (κ2) is 10.4. The van der Waals surface area contributed by atoms with Gasteiger partial charge in [0.2, 0.25) is 5.91 Å². The Hall–Kier alpha value is -2.53. The van der Waals surface area contributed by atoms with Crippen molar-refractivity contribution in [3.8, 4) is 23.2 Å². The van der Waals surface area contributed by atoms with Gasteiger partial charge >= 0.3 is 0 Å². The normalized spacial score (nSPS) is 20.4. The van der Waals surface area contributed by atoms with Crippen LogP contribution in [-0.2, 0) is 4.79 Å². The lowest BCUT2D eigenvalue weighted by molar-refractivity contribution is -0.120. The zero-order valence-corrected chi connectivity index (χ0v) is 20.4. The molecule has 3 rings (SSSR count). The number of amides is 1. The molecule has 0 saturated heterocycles. The van der Waals surface area contributed by atoms with Gasteiger partial charge < -0.3 is 10.1 Å². The monoisotopic (exact) mass is 455 g/mol. The van der Waals surface area contributed by atoms with Crippen molar-refractivity contribution in [2.45, 2.75) is 70.1 Å². The largest absolute Gasteiger partial charge is 0.497 e. The Balaban J connectivity index is 1.86. The van der Waals surface area contributed by atoms with Crippen LogP contribution >= 0.6 is 11.8 Å². The molecule has 1 saturated carbocycles. The number of ether oxygens (including phenoxy) is 1. The van der Waals surface area contributed by atoms with Crippen molar-refractivity contribution in [1.29, 1.82) is 5.26 Å². The minimum Gasteiger partial charge on any atom is -0.497 e. The highest BCUT2D eigenvalue weighted by molar-refractivity contribution is 7.99. The third kappa shape index (κ3) is 5.26. The number of nitrogens with one attached hydrogen (secondary N) is 1. The zero-order chi connectivity index (χ0) is 23.3. The van der Waals surface area contributed by atoms with Crippen molar-refractivity contribution >= 4 is 17.7 Å². The van der Waals surface area contributed by atoms with Crippen LogP contribution in [0.1, 0.15) is 59.4 Å². The van der Waals surface area contributed by atoms with Gasteiger partial charge in [-0.15, -0.1) is 10.2 Å². The summed E-state index contributed by atoms with van der Waals surface area (Å²) in [5, 5.41) is 22.1. The van der Waals surface area contributed by atoms with Crippen LogP contribution in [0.4, 0.5) is 0 Å². The molecular weight excluding hydrogens is 422 g/mol. The Morgan fingerprint density at radius 2 is 2.00 bits per heavy atom. The first-order chi connectivity index (χ1) is 15.3. The number of benzene rings is 1. The van der Waals surface area contributed by atoms with Gasteiger partial charge in [-0.3, -0.25) is 9.36 Å². The van der Waals surface area contributed by atoms with E-state index in [1.54, 1.807) is 14.0 Å². The number of methoxy groups -OCH3 is 1. The Morgan fingerprint density at radius 3 is 2.59 bits per heavy atom. The van der Waals surface area contributed by atoms with E-state index in [-0.39, 0.29) is 17.6 Å². The van der Waals surface area contributed by atoms with Crippen molar-refractivity contribution < 1.29 is 9.53 Å². The van der Waals surface area contributed by atoms with E-state index in [1.807, 2.05) is 38.1 Å². The lowest BCUT2D eigenvalue weighted by Crippen LogP contribution is -2.49. The summed E-state index contributed by atoms with van der Waals surface area (Å²) in [6.45, 7) is 7.90. The highest BCUT2D eigenvalue weighted by Gasteiger charge is 2.31. The molecule has 8 heteroatoms. The maximum atomic E-state index is 12.6. The Bertz CT molecular complexity index is 966. The smallest absolute Gasteiger partial charge is 0.231 e. The summed E-state index contributed by atoms with van der Waals surface area (Å²) in [5.41, 5.74) is 0.0847. The van der Waals surface area contributed by atoms with Gasteiger partial charge in [0.25, 0.3) is 0 Å². The molecule has 2 aromatic rings. The lowest BCUT2D eigenvalue weighted by atomic mass is 9.85. The van der Waals surface area contributed by atoms with E-state index in [9.17, 15) is 10.1 Å². The van der Waals surface area contributed by atoms with Crippen molar-refractivity contribution in [1.82, 2.24) is 20.1 Å². The molecule has 1 aromatic heterocycles. The molecule has 32 heavy (non-hydrogen) atoms. The van der Waals surface area contributed by atoms with Gasteiger partial charge in [-0.05, 0) is 55.9 Å². The number of thioether (sulfide) groups is 1. The number of aromatic nitrogens is 3. The van der Waals surface area contributed by atoms with E-state index in [2.05, 4.69) is 33.1 Å². The summed E-state index contributed by atoms with van der Waals surface area (Å²) in [4.78, 5) is 12.6. The quantitative estimate of drug-likeness (QED) is 0.572. The summed E-state index contributed by atoms with van der Waals surface area (Å²) in [7, 11) is 1.65. The maximum Gasteiger partial charge on any atom is 0.231 e. The second-order valence-corrected chi connectivity index (χ2v) is 9.98. The molecule has 7 nitrogen and oxygen atoms in total. The van der Waals surface area contributed by atoms with E-state index in [1.165, 1.54) is 31.0 Å². The van der Waals surface area contributed by atoms with Crippen LogP contribution in [0.25, 0.3) is 11.4 Å². The van der Waals surface area contributed by atoms with Crippen molar-refractivity contribution in [2.75, 3.05) is 12.9 Å². The molecule has 172 valence electrons. The number of carbonyl (C=O) groups is 1. The Morgan fingerprint density at radius 1 is 1.31 bits per heavy atom. The van der Waals surface area contributed by atoms with Gasteiger partial charge in [0.1, 0.15) is 11.3 Å². The van der Waals surface area contributed by atoms with E-state index >= 15 is 0 Å². The highest BCUT2D eigenvalue weighted by Crippen LogP contribution is 2.39. The van der Waals surface area contributed by atoms with Crippen LogP contribution in [0.15, 0.2) is 29.4 Å². The fourth-order valence-electron chi connectivity index (χ4n) is 4.05. The van der Waals surface area contributed by atoms with Crippen molar-refractivity contribution in [2.24, 2.45) is 11.8 Å². The predicted octanol–water partition coefficient (Wildman–Crippen LogP) is 4.85. The molecule has 1 aliphatic rings. The van der Waals surface area contributed by atoms with Crippen molar-refractivity contribution in [3.63, 3.8) is 0 Å². The molecule has 0 bridgehead atoms. The molecule has 1 N–H and O–H groups in total. The SMILES string of the molecule is COc1ccc(-c2nnc(SCC(=O)N[C@](C)(C#N)C(C)C)n2[C@@H]2CCCC[C@H]2C)cc1. The number of carbonyl (C=O) groups excluding carboxylic acids is 1. The predicted molar refractivity (Wildman–Crippen MR) is 126 cm³/mol. The zero-order valence-electron chi connectivity index (χ0n) is 19.6. The summed E-state index contributed by atoms with van der Waals surface area (Å²) < 4.78 is 7.51. The minimum atomic E-state index is -0.891. The maximum absolute atomic E-state index is 12.6. The van der Waals surface area contributed by atoms with Gasteiger partial charge in [-0.2, -0.15) is 5.26 Å². The van der Waals surface area contributed by atoms with Gasteiger partial charge in [-0.25, -0.2) is 0 Å². The molecule has 1 aliphatic carbocycles. The molecule has 1 aromatic carbocycles. The molecule has 1 fully saturated rings. The summed E-state index contributed by atoms with van der Waals surface area (Å²) in [6, 6.07) is 10.4. The molecule has 3 atom stereocenters. The first-order valence-electron chi connectivity index (χ1n) is 11.2. The molecule has 0 spiro atoms. The summed E-state index contributed by atoms with van der Waals surface area (Å²) in [6.07, 6.45) is 4.66. The van der Waals surface area contributed by atoms with E-state index in [0.717, 1.165) is 28.7 Å². The van der Waals surface area contributed by atoms with Crippen LogP contribution < -0.4 is 10.1 Å². The van der Waals surface area contributed by atoms with Crippen LogP contribution in [0.2, 0.25) is 0 Å². The summed E-state index contributed by atoms with van der Waals surface area (Å²) in [5.74, 6) is 2.14. The van der Waals surface area contributed by atoms with Gasteiger partial charge in [0.15, 0.2) is 11.0 Å². The van der Waals surface area contributed by atoms with Gasteiger partial charge in [-0.1, -0.05) is 45.4 Å². The second-order valence-electron chi connectivity index (χ2n) is 9.04. The summed E-state index contributed by atoms with van der Waals surface area (Å²) >= 11 is 1.38. The van der Waals surface area contributed by atoms with Crippen LogP contribution in [0.5, 0.6) is 5.75 Å². The van der Waals surface area contributed by atoms with E-state index in [4.69, 9.17) is 4.74 Å². The number of hydrogen-bond donors (Lipinski definition) is 1. The third-order valence-corrected chi connectivity index (χ3v) is 7.47. The van der Waals surface area contributed by atoms with E-state index in [0.29, 0.717) is 12.0 Å². The lowest BCUT2D eigenvalue weighted by Gasteiger charge is -2.31. The Kier molecular flexibility index (Phi) is 7.83. The molecular formula is C24H33N5O2S. The average Bonchev–Trinajstić information content (AvgIpc) is 3.21. The number of rotatable bonds is 8. The van der Waals surface area contributed by atoms with Gasteiger partial charge in [0, 0.05) is 11.6 Å². The topological polar surface area (TPSA) is 92.8 Å². The highest BCUT2D eigenvalue weighted by atomic mass is 32.2. The molecule has 0 aliphatic heterocycles. The molecule has 0 unspecified atom stereocenters. The van der Waals surface area contributed by atoms with Crippen LogP contribution in [0.3, 0.4) is 0 Å². The fourth-order valence-corrected chi connectivity index (χ4v) is 4.84. The first-order valence-corrected chi connectivity index (χ1v) is 12.2. The minimum absolute atomic E-state index is 0.00914. The number of hydrogen-bond acceptors (Lipinski definition) is 6. The standard InChI is InChI=1S/C24H33N5O2S/c1-16(2)24(4,15-25)26-21(30)14-32-23-28-27-22(18-10-12-19(31-5)13-11-18)29(23)20-9-7-6-8-17(20)3/h10-13,16-17,20H,6-9,14H2,1-5H3,(H,26,30)/t17-,20-,24-/m1/s1. The first kappa shape index (κ1) is 24.1. The van der Waals surface area contributed by atoms with Crippen molar-refractivity contribution in [3.05, 3.63) is 24.3 Å². The fraction of sp³-hybridized carbons (Fsp3) is 0.583. The third-order valence-electron chi connectivity index (χ3n) is 6.53. The molecule has 1 amide bonds. The van der Waals surface area contributed by atoms with Crippen LogP contribution in [-0.4, -0.2) is 39.1 Å². The Labute approximate surface area is 194 Å². The molecule has 0 radical (unpaired) electrons. The number of nitrogens with zero attached hydrogens (tertiary/aromatic N) is 4. The number of nitriles is 1. The van der Waals surface area contributed by atoms with Crippen LogP contribution in [0, 0.1) is 23.2 Å². The molecule has 1 heterocycles. The van der Waals surface area contributed by atoms with E-state index < -0.39 is 5.54 Å². The average molecular weight is 456 g/mol.